The van der Waals surface area contributed by atoms with Crippen molar-refractivity contribution in [1.29, 1.82) is 0 Å². The van der Waals surface area contributed by atoms with Gasteiger partial charge in [0.2, 0.25) is 5.91 Å². The van der Waals surface area contributed by atoms with Crippen molar-refractivity contribution < 1.29 is 4.79 Å². The number of carbonyl (C=O) groups excluding carboxylic acids is 1. The van der Waals surface area contributed by atoms with Crippen LogP contribution < -0.4 is 5.32 Å². The summed E-state index contributed by atoms with van der Waals surface area (Å²) in [5, 5.41) is 12.6. The van der Waals surface area contributed by atoms with Gasteiger partial charge in [0.05, 0.1) is 12.3 Å². The minimum atomic E-state index is 0.0497. The van der Waals surface area contributed by atoms with Crippen LogP contribution in [-0.2, 0) is 11.3 Å². The number of rotatable bonds is 9. The number of nitrogens with one attached hydrogen (secondary N) is 1. The SMILES string of the molecule is CCCCNC(=O)CSc1nnc(CN2CCCCC2)n1-c1ccccc1. The van der Waals surface area contributed by atoms with Gasteiger partial charge in [-0.15, -0.1) is 10.2 Å². The summed E-state index contributed by atoms with van der Waals surface area (Å²) >= 11 is 1.45. The van der Waals surface area contributed by atoms with Gasteiger partial charge >= 0.3 is 0 Å². The Morgan fingerprint density at radius 1 is 1.15 bits per heavy atom. The molecule has 0 bridgehead atoms. The van der Waals surface area contributed by atoms with E-state index in [1.165, 1.54) is 31.0 Å². The molecule has 7 heteroatoms. The van der Waals surface area contributed by atoms with Crippen LogP contribution in [0.1, 0.15) is 44.9 Å². The third kappa shape index (κ3) is 5.81. The fraction of sp³-hybridized carbons (Fsp3) is 0.550. The molecule has 1 saturated heterocycles. The number of unbranched alkanes of at least 4 members (excludes halogenated alkanes) is 1. The lowest BCUT2D eigenvalue weighted by Crippen LogP contribution is -2.30. The predicted molar refractivity (Wildman–Crippen MR) is 109 cm³/mol. The summed E-state index contributed by atoms with van der Waals surface area (Å²) in [6.07, 6.45) is 5.90. The first-order valence-electron chi connectivity index (χ1n) is 9.89. The summed E-state index contributed by atoms with van der Waals surface area (Å²) in [6, 6.07) is 10.2. The van der Waals surface area contributed by atoms with Gasteiger partial charge < -0.3 is 5.32 Å². The maximum absolute atomic E-state index is 12.1. The maximum atomic E-state index is 12.1. The van der Waals surface area contributed by atoms with Gasteiger partial charge in [-0.25, -0.2) is 0 Å². The number of piperidine rings is 1. The van der Waals surface area contributed by atoms with Gasteiger partial charge in [0.15, 0.2) is 11.0 Å². The molecule has 27 heavy (non-hydrogen) atoms. The predicted octanol–water partition coefficient (Wildman–Crippen LogP) is 3.26. The molecular formula is C20H29N5OS. The van der Waals surface area contributed by atoms with Gasteiger partial charge in [0.25, 0.3) is 0 Å². The van der Waals surface area contributed by atoms with Crippen molar-refractivity contribution in [2.24, 2.45) is 0 Å². The molecule has 1 amide bonds. The molecule has 0 unspecified atom stereocenters. The van der Waals surface area contributed by atoms with Crippen LogP contribution in [0.4, 0.5) is 0 Å². The number of hydrogen-bond acceptors (Lipinski definition) is 5. The maximum Gasteiger partial charge on any atom is 0.230 e. The van der Waals surface area contributed by atoms with Gasteiger partial charge in [-0.05, 0) is 44.5 Å². The normalized spacial score (nSPS) is 15.0. The zero-order valence-electron chi connectivity index (χ0n) is 16.1. The van der Waals surface area contributed by atoms with Crippen LogP contribution in [0.25, 0.3) is 5.69 Å². The number of benzene rings is 1. The molecular weight excluding hydrogens is 358 g/mol. The molecule has 2 heterocycles. The van der Waals surface area contributed by atoms with Crippen molar-refractivity contribution in [2.45, 2.75) is 50.7 Å². The number of hydrogen-bond donors (Lipinski definition) is 1. The number of aromatic nitrogens is 3. The minimum Gasteiger partial charge on any atom is -0.355 e. The van der Waals surface area contributed by atoms with E-state index >= 15 is 0 Å². The van der Waals surface area contributed by atoms with Crippen LogP contribution in [0.2, 0.25) is 0 Å². The summed E-state index contributed by atoms with van der Waals surface area (Å²) < 4.78 is 2.10. The van der Waals surface area contributed by atoms with Crippen LogP contribution in [0, 0.1) is 0 Å². The molecule has 2 aromatic rings. The second kappa shape index (κ2) is 10.5. The zero-order chi connectivity index (χ0) is 18.9. The summed E-state index contributed by atoms with van der Waals surface area (Å²) in [6.45, 7) is 5.88. The standard InChI is InChI=1S/C20H29N5OS/c1-2-3-12-21-19(26)16-27-20-23-22-18(15-24-13-8-5-9-14-24)25(20)17-10-6-4-7-11-17/h4,6-7,10-11H,2-3,5,8-9,12-16H2,1H3,(H,21,26). The van der Waals surface area contributed by atoms with E-state index in [-0.39, 0.29) is 5.91 Å². The summed E-state index contributed by atoms with van der Waals surface area (Å²) in [4.78, 5) is 14.5. The van der Waals surface area contributed by atoms with Crippen LogP contribution in [0.5, 0.6) is 0 Å². The molecule has 0 aliphatic carbocycles. The highest BCUT2D eigenvalue weighted by Crippen LogP contribution is 2.23. The fourth-order valence-electron chi connectivity index (χ4n) is 3.24. The zero-order valence-corrected chi connectivity index (χ0v) is 16.9. The Kier molecular flexibility index (Phi) is 7.71. The Bertz CT molecular complexity index is 712. The molecule has 1 fully saturated rings. The van der Waals surface area contributed by atoms with Crippen molar-refractivity contribution in [3.05, 3.63) is 36.2 Å². The van der Waals surface area contributed by atoms with Crippen molar-refractivity contribution in [1.82, 2.24) is 25.0 Å². The van der Waals surface area contributed by atoms with Crippen molar-refractivity contribution >= 4 is 17.7 Å². The van der Waals surface area contributed by atoms with E-state index < -0.39 is 0 Å². The summed E-state index contributed by atoms with van der Waals surface area (Å²) in [5.74, 6) is 1.35. The Morgan fingerprint density at radius 3 is 2.67 bits per heavy atom. The number of para-hydroxylation sites is 1. The van der Waals surface area contributed by atoms with E-state index in [4.69, 9.17) is 0 Å². The van der Waals surface area contributed by atoms with E-state index in [2.05, 4.69) is 44.0 Å². The Hall–Kier alpha value is -1.86. The molecule has 3 rings (SSSR count). The first-order valence-corrected chi connectivity index (χ1v) is 10.9. The molecule has 1 aliphatic heterocycles. The largest absolute Gasteiger partial charge is 0.355 e. The minimum absolute atomic E-state index is 0.0497. The van der Waals surface area contributed by atoms with Crippen LogP contribution >= 0.6 is 11.8 Å². The summed E-state index contributed by atoms with van der Waals surface area (Å²) in [7, 11) is 0. The van der Waals surface area contributed by atoms with E-state index in [9.17, 15) is 4.79 Å². The molecule has 6 nitrogen and oxygen atoms in total. The van der Waals surface area contributed by atoms with E-state index in [1.54, 1.807) is 0 Å². The smallest absolute Gasteiger partial charge is 0.230 e. The second-order valence-electron chi connectivity index (χ2n) is 6.90. The van der Waals surface area contributed by atoms with E-state index in [0.29, 0.717) is 5.75 Å². The summed E-state index contributed by atoms with van der Waals surface area (Å²) in [5.41, 5.74) is 1.04. The van der Waals surface area contributed by atoms with E-state index in [0.717, 1.165) is 55.7 Å². The Morgan fingerprint density at radius 2 is 1.93 bits per heavy atom. The second-order valence-corrected chi connectivity index (χ2v) is 7.84. The number of carbonyl (C=O) groups is 1. The van der Waals surface area contributed by atoms with Crippen molar-refractivity contribution in [3.8, 4) is 5.69 Å². The highest BCUT2D eigenvalue weighted by Gasteiger charge is 2.19. The molecule has 0 radical (unpaired) electrons. The number of amides is 1. The number of likely N-dealkylation sites (tertiary alicyclic amines) is 1. The Labute approximate surface area is 165 Å². The number of thioether (sulfide) groups is 1. The molecule has 0 spiro atoms. The van der Waals surface area contributed by atoms with Gasteiger partial charge in [-0.3, -0.25) is 14.3 Å². The van der Waals surface area contributed by atoms with E-state index in [1.807, 2.05) is 18.2 Å². The first kappa shape index (κ1) is 19.9. The Balaban J connectivity index is 1.72. The van der Waals surface area contributed by atoms with Crippen molar-refractivity contribution in [3.63, 3.8) is 0 Å². The quantitative estimate of drug-likeness (QED) is 0.528. The van der Waals surface area contributed by atoms with Crippen LogP contribution in [0.3, 0.4) is 0 Å². The van der Waals surface area contributed by atoms with Gasteiger partial charge in [-0.1, -0.05) is 49.7 Å². The topological polar surface area (TPSA) is 63.1 Å². The van der Waals surface area contributed by atoms with Gasteiger partial charge in [0, 0.05) is 12.2 Å². The monoisotopic (exact) mass is 387 g/mol. The highest BCUT2D eigenvalue weighted by molar-refractivity contribution is 7.99. The molecule has 1 aromatic heterocycles. The average Bonchev–Trinajstić information content (AvgIpc) is 3.10. The molecule has 1 aliphatic rings. The van der Waals surface area contributed by atoms with Gasteiger partial charge in [-0.2, -0.15) is 0 Å². The lowest BCUT2D eigenvalue weighted by Gasteiger charge is -2.26. The third-order valence-electron chi connectivity index (χ3n) is 4.71. The van der Waals surface area contributed by atoms with Crippen molar-refractivity contribution in [2.75, 3.05) is 25.4 Å². The van der Waals surface area contributed by atoms with Crippen LogP contribution in [-0.4, -0.2) is 51.0 Å². The molecule has 1 aromatic carbocycles. The lowest BCUT2D eigenvalue weighted by molar-refractivity contribution is -0.118. The highest BCUT2D eigenvalue weighted by atomic mass is 32.2. The first-order chi connectivity index (χ1) is 13.3. The van der Waals surface area contributed by atoms with Gasteiger partial charge in [0.1, 0.15) is 0 Å². The fourth-order valence-corrected chi connectivity index (χ4v) is 4.04. The number of nitrogens with zero attached hydrogens (tertiary/aromatic N) is 4. The molecule has 0 atom stereocenters. The molecule has 0 saturated carbocycles. The van der Waals surface area contributed by atoms with Crippen LogP contribution in [0.15, 0.2) is 35.5 Å². The molecule has 1 N–H and O–H groups in total. The lowest BCUT2D eigenvalue weighted by atomic mass is 10.1. The average molecular weight is 388 g/mol. The molecule has 146 valence electrons. The third-order valence-corrected chi connectivity index (χ3v) is 5.64.